The predicted molar refractivity (Wildman–Crippen MR) is 119 cm³/mol. The lowest BCUT2D eigenvalue weighted by atomic mass is 10.1. The molecule has 0 aliphatic rings. The number of nitro groups is 1. The number of carbonyl (C=O) groups is 1. The Balaban J connectivity index is 1.81. The van der Waals surface area contributed by atoms with Gasteiger partial charge in [0.2, 0.25) is 0 Å². The van der Waals surface area contributed by atoms with Crippen LogP contribution in [-0.4, -0.2) is 17.9 Å². The van der Waals surface area contributed by atoms with Crippen molar-refractivity contribution in [3.05, 3.63) is 92.5 Å². The second kappa shape index (κ2) is 9.30. The average Bonchev–Trinajstić information content (AvgIpc) is 2.75. The first kappa shape index (κ1) is 21.8. The number of benzene rings is 3. The topological polar surface area (TPSA) is 90.7 Å². The van der Waals surface area contributed by atoms with Crippen LogP contribution in [0.5, 0.6) is 11.5 Å². The van der Waals surface area contributed by atoms with E-state index in [1.54, 1.807) is 38.3 Å². The number of hydrogen-bond donors (Lipinski definition) is 1. The second-order valence-electron chi connectivity index (χ2n) is 7.22. The minimum Gasteiger partial charge on any atom is -0.496 e. The Morgan fingerprint density at radius 2 is 1.81 bits per heavy atom. The van der Waals surface area contributed by atoms with Crippen LogP contribution in [0.1, 0.15) is 32.6 Å². The van der Waals surface area contributed by atoms with Crippen molar-refractivity contribution < 1.29 is 19.2 Å². The molecule has 7 nitrogen and oxygen atoms in total. The molecule has 1 amide bonds. The third kappa shape index (κ3) is 5.01. The van der Waals surface area contributed by atoms with Gasteiger partial charge in [-0.3, -0.25) is 14.9 Å². The standard InChI is InChI=1S/C24H24N2O5/c1-15-8-10-20(12-16(15)2)31-14-19-13-18(9-11-23(19)30-4)24(27)25-21-6-5-7-22(17(21)3)26(28)29/h5-13H,14H2,1-4H3,(H,25,27). The highest BCUT2D eigenvalue weighted by Gasteiger charge is 2.17. The van der Waals surface area contributed by atoms with Crippen molar-refractivity contribution in [1.82, 2.24) is 0 Å². The molecule has 0 unspecified atom stereocenters. The molecular formula is C24H24N2O5. The Kier molecular flexibility index (Phi) is 6.55. The van der Waals surface area contributed by atoms with Crippen LogP contribution in [-0.2, 0) is 6.61 Å². The second-order valence-corrected chi connectivity index (χ2v) is 7.22. The molecule has 0 saturated carbocycles. The molecule has 3 aromatic carbocycles. The summed E-state index contributed by atoms with van der Waals surface area (Å²) in [6.07, 6.45) is 0. The van der Waals surface area contributed by atoms with Gasteiger partial charge in [-0.15, -0.1) is 0 Å². The fraction of sp³-hybridized carbons (Fsp3) is 0.208. The van der Waals surface area contributed by atoms with E-state index >= 15 is 0 Å². The zero-order valence-electron chi connectivity index (χ0n) is 17.9. The van der Waals surface area contributed by atoms with Gasteiger partial charge in [0, 0.05) is 17.2 Å². The van der Waals surface area contributed by atoms with E-state index in [2.05, 4.69) is 5.32 Å². The van der Waals surface area contributed by atoms with Gasteiger partial charge in [0.25, 0.3) is 11.6 Å². The summed E-state index contributed by atoms with van der Waals surface area (Å²) in [6, 6.07) is 15.5. The monoisotopic (exact) mass is 420 g/mol. The number of carbonyl (C=O) groups excluding carboxylic acids is 1. The summed E-state index contributed by atoms with van der Waals surface area (Å²) in [5.41, 5.74) is 4.16. The van der Waals surface area contributed by atoms with Crippen LogP contribution in [0.2, 0.25) is 0 Å². The molecule has 0 radical (unpaired) electrons. The number of anilines is 1. The van der Waals surface area contributed by atoms with E-state index in [4.69, 9.17) is 9.47 Å². The minimum atomic E-state index is -0.472. The van der Waals surface area contributed by atoms with Crippen LogP contribution in [0.3, 0.4) is 0 Å². The van der Waals surface area contributed by atoms with Crippen molar-refractivity contribution in [3.63, 3.8) is 0 Å². The first-order valence-electron chi connectivity index (χ1n) is 9.72. The van der Waals surface area contributed by atoms with Gasteiger partial charge < -0.3 is 14.8 Å². The van der Waals surface area contributed by atoms with E-state index in [9.17, 15) is 14.9 Å². The van der Waals surface area contributed by atoms with E-state index in [1.807, 2.05) is 32.0 Å². The predicted octanol–water partition coefficient (Wildman–Crippen LogP) is 5.36. The van der Waals surface area contributed by atoms with Gasteiger partial charge in [0.05, 0.1) is 23.3 Å². The van der Waals surface area contributed by atoms with E-state index in [-0.39, 0.29) is 18.2 Å². The van der Waals surface area contributed by atoms with Gasteiger partial charge >= 0.3 is 0 Å². The minimum absolute atomic E-state index is 0.0463. The Labute approximate surface area is 180 Å². The highest BCUT2D eigenvalue weighted by Crippen LogP contribution is 2.27. The van der Waals surface area contributed by atoms with E-state index in [1.165, 1.54) is 17.7 Å². The van der Waals surface area contributed by atoms with Crippen molar-refractivity contribution in [2.75, 3.05) is 12.4 Å². The van der Waals surface area contributed by atoms with Gasteiger partial charge in [0.15, 0.2) is 0 Å². The first-order chi connectivity index (χ1) is 14.8. The number of amides is 1. The SMILES string of the molecule is COc1ccc(C(=O)Nc2cccc([N+](=O)[O-])c2C)cc1COc1ccc(C)c(C)c1. The number of nitro benzene ring substituents is 1. The Morgan fingerprint density at radius 1 is 1.03 bits per heavy atom. The normalized spacial score (nSPS) is 10.5. The smallest absolute Gasteiger partial charge is 0.274 e. The summed E-state index contributed by atoms with van der Waals surface area (Å²) >= 11 is 0. The zero-order chi connectivity index (χ0) is 22.5. The lowest BCUT2D eigenvalue weighted by Crippen LogP contribution is -2.14. The van der Waals surface area contributed by atoms with Gasteiger partial charge in [-0.1, -0.05) is 12.1 Å². The molecule has 3 aromatic rings. The Hall–Kier alpha value is -3.87. The van der Waals surface area contributed by atoms with Crippen molar-refractivity contribution in [3.8, 4) is 11.5 Å². The summed E-state index contributed by atoms with van der Waals surface area (Å²) in [4.78, 5) is 23.5. The molecule has 0 aromatic heterocycles. The highest BCUT2D eigenvalue weighted by molar-refractivity contribution is 6.05. The molecule has 0 saturated heterocycles. The van der Waals surface area contributed by atoms with Gasteiger partial charge in [-0.05, 0) is 68.3 Å². The highest BCUT2D eigenvalue weighted by atomic mass is 16.6. The molecule has 0 spiro atoms. The lowest BCUT2D eigenvalue weighted by molar-refractivity contribution is -0.385. The molecular weight excluding hydrogens is 396 g/mol. The van der Waals surface area contributed by atoms with Crippen molar-refractivity contribution in [1.29, 1.82) is 0 Å². The van der Waals surface area contributed by atoms with Gasteiger partial charge in [0.1, 0.15) is 18.1 Å². The molecule has 1 N–H and O–H groups in total. The molecule has 0 heterocycles. The molecule has 31 heavy (non-hydrogen) atoms. The van der Waals surface area contributed by atoms with E-state index in [0.29, 0.717) is 28.1 Å². The fourth-order valence-corrected chi connectivity index (χ4v) is 3.15. The largest absolute Gasteiger partial charge is 0.496 e. The van der Waals surface area contributed by atoms with Crippen LogP contribution in [0, 0.1) is 30.9 Å². The van der Waals surface area contributed by atoms with Crippen molar-refractivity contribution in [2.45, 2.75) is 27.4 Å². The third-order valence-corrected chi connectivity index (χ3v) is 5.17. The summed E-state index contributed by atoms with van der Waals surface area (Å²) < 4.78 is 11.3. The third-order valence-electron chi connectivity index (χ3n) is 5.17. The Morgan fingerprint density at radius 3 is 2.48 bits per heavy atom. The van der Waals surface area contributed by atoms with E-state index in [0.717, 1.165) is 11.3 Å². The number of nitrogens with zero attached hydrogens (tertiary/aromatic N) is 1. The lowest BCUT2D eigenvalue weighted by Gasteiger charge is -2.14. The molecule has 3 rings (SSSR count). The summed E-state index contributed by atoms with van der Waals surface area (Å²) in [5.74, 6) is 0.956. The van der Waals surface area contributed by atoms with Gasteiger partial charge in [-0.2, -0.15) is 0 Å². The van der Waals surface area contributed by atoms with Gasteiger partial charge in [-0.25, -0.2) is 0 Å². The number of nitrogens with one attached hydrogen (secondary N) is 1. The number of ether oxygens (including phenoxy) is 2. The maximum absolute atomic E-state index is 12.8. The number of aryl methyl sites for hydroxylation is 2. The van der Waals surface area contributed by atoms with Crippen molar-refractivity contribution in [2.24, 2.45) is 0 Å². The molecule has 0 bridgehead atoms. The quantitative estimate of drug-likeness (QED) is 0.410. The maximum atomic E-state index is 12.8. The maximum Gasteiger partial charge on any atom is 0.274 e. The summed E-state index contributed by atoms with van der Waals surface area (Å²) in [7, 11) is 1.56. The van der Waals surface area contributed by atoms with Crippen LogP contribution in [0.15, 0.2) is 54.6 Å². The molecule has 0 aliphatic carbocycles. The van der Waals surface area contributed by atoms with E-state index < -0.39 is 4.92 Å². The number of rotatable bonds is 7. The van der Waals surface area contributed by atoms with Crippen LogP contribution < -0.4 is 14.8 Å². The van der Waals surface area contributed by atoms with Crippen LogP contribution in [0.4, 0.5) is 11.4 Å². The summed E-state index contributed by atoms with van der Waals surface area (Å²) in [5, 5.41) is 13.9. The summed E-state index contributed by atoms with van der Waals surface area (Å²) in [6.45, 7) is 5.88. The average molecular weight is 420 g/mol. The van der Waals surface area contributed by atoms with Crippen molar-refractivity contribution >= 4 is 17.3 Å². The zero-order valence-corrected chi connectivity index (χ0v) is 17.9. The molecule has 0 fully saturated rings. The molecule has 0 atom stereocenters. The Bertz CT molecular complexity index is 1140. The molecule has 0 aliphatic heterocycles. The fourth-order valence-electron chi connectivity index (χ4n) is 3.15. The number of methoxy groups -OCH3 is 1. The number of hydrogen-bond acceptors (Lipinski definition) is 5. The van der Waals surface area contributed by atoms with Crippen LogP contribution in [0.25, 0.3) is 0 Å². The first-order valence-corrected chi connectivity index (χ1v) is 9.72. The molecule has 160 valence electrons. The van der Waals surface area contributed by atoms with Crippen LogP contribution >= 0.6 is 0 Å². The molecule has 7 heteroatoms.